The van der Waals surface area contributed by atoms with Gasteiger partial charge in [-0.15, -0.1) is 0 Å². The monoisotopic (exact) mass is 138 g/mol. The molecule has 0 amide bonds. The summed E-state index contributed by atoms with van der Waals surface area (Å²) in [4.78, 5) is 3.52. The first-order chi connectivity index (χ1) is 4.66. The molecule has 0 aromatic rings. The molecule has 0 saturated heterocycles. The van der Waals surface area contributed by atoms with Crippen LogP contribution < -0.4 is 5.23 Å². The van der Waals surface area contributed by atoms with E-state index in [-0.39, 0.29) is 5.82 Å². The molecule has 0 aromatic heterocycles. The van der Waals surface area contributed by atoms with Gasteiger partial charge in [-0.1, -0.05) is 0 Å². The van der Waals surface area contributed by atoms with E-state index in [4.69, 9.17) is 5.02 Å². The van der Waals surface area contributed by atoms with Gasteiger partial charge in [0.15, 0.2) is 0 Å². The van der Waals surface area contributed by atoms with Gasteiger partial charge in [0.05, 0.1) is 0 Å². The van der Waals surface area contributed by atoms with Crippen molar-refractivity contribution in [3.63, 3.8) is 0 Å². The molecule has 0 saturated carbocycles. The molecule has 52 valence electrons. The van der Waals surface area contributed by atoms with E-state index in [1.54, 1.807) is 0 Å². The molecule has 0 aliphatic heterocycles. The normalized spacial score (nSPS) is 9.00. The molecule has 10 heavy (non-hydrogen) atoms. The van der Waals surface area contributed by atoms with E-state index in [1.165, 1.54) is 6.82 Å². The second-order valence-electron chi connectivity index (χ2n) is 1.68. The Labute approximate surface area is 60.4 Å². The predicted molar refractivity (Wildman–Crippen MR) is 41.0 cm³/mol. The van der Waals surface area contributed by atoms with Gasteiger partial charge in [-0.25, -0.2) is 0 Å². The fourth-order valence-electron chi connectivity index (χ4n) is 0.399. The summed E-state index contributed by atoms with van der Waals surface area (Å²) in [6.07, 6.45) is 1.05. The first kappa shape index (κ1) is 9.10. The van der Waals surface area contributed by atoms with Crippen molar-refractivity contribution in [3.8, 4) is 0 Å². The van der Waals surface area contributed by atoms with Crippen LogP contribution in [0, 0.1) is 0 Å². The van der Waals surface area contributed by atoms with Gasteiger partial charge < -0.3 is 0 Å². The molecule has 0 radical (unpaired) electrons. The molecule has 2 N–H and O–H groups in total. The van der Waals surface area contributed by atoms with Crippen molar-refractivity contribution in [3.05, 3.63) is 12.4 Å². The van der Waals surface area contributed by atoms with Crippen LogP contribution in [-0.2, 0) is 4.70 Å². The Hall–Kier alpha value is -0.900. The van der Waals surface area contributed by atoms with Gasteiger partial charge in [0.25, 0.3) is 0 Å². The first-order valence-corrected chi connectivity index (χ1v) is 2.78. The molecule has 0 unspecified atom stereocenters. The summed E-state index contributed by atoms with van der Waals surface area (Å²) in [5.74, 6) is 0.266. The standard InChI is InChI=1S/C4H8B2N2O2/c1-4(7-3-5-9)8-6(2)10/h3,8,10H,1H2,2H3. The fourth-order valence-corrected chi connectivity index (χ4v) is 0.399. The molecule has 0 aliphatic rings. The summed E-state index contributed by atoms with van der Waals surface area (Å²) in [5.41, 5.74) is 0. The summed E-state index contributed by atoms with van der Waals surface area (Å²) in [7, 11) is -0.161. The van der Waals surface area contributed by atoms with Gasteiger partial charge >= 0.3 is 59.5 Å². The summed E-state index contributed by atoms with van der Waals surface area (Å²) in [6, 6.07) is 0. The zero-order valence-corrected chi connectivity index (χ0v) is 5.74. The van der Waals surface area contributed by atoms with Crippen molar-refractivity contribution in [1.82, 2.24) is 5.23 Å². The Kier molecular flexibility index (Phi) is 4.49. The minimum atomic E-state index is -0.698. The average Bonchev–Trinajstić information content (AvgIpc) is 1.82. The van der Waals surface area contributed by atoms with Crippen molar-refractivity contribution in [2.24, 2.45) is 4.99 Å². The van der Waals surface area contributed by atoms with Crippen LogP contribution in [0.1, 0.15) is 0 Å². The molecule has 0 aromatic carbocycles. The van der Waals surface area contributed by atoms with E-state index in [0.29, 0.717) is 7.15 Å². The predicted octanol–water partition coefficient (Wildman–Crippen LogP) is -0.764. The number of hydrogen-bond donors (Lipinski definition) is 2. The van der Waals surface area contributed by atoms with Crippen molar-refractivity contribution in [2.45, 2.75) is 6.82 Å². The molecule has 0 spiro atoms. The Bertz CT molecular complexity index is 157. The van der Waals surface area contributed by atoms with Gasteiger partial charge in [0, 0.05) is 0 Å². The second kappa shape index (κ2) is 4.93. The van der Waals surface area contributed by atoms with Crippen LogP contribution in [0.3, 0.4) is 0 Å². The molecule has 0 bridgehead atoms. The Morgan fingerprint density at radius 1 is 2.00 bits per heavy atom. The summed E-state index contributed by atoms with van der Waals surface area (Å²) >= 11 is 0. The van der Waals surface area contributed by atoms with E-state index in [9.17, 15) is 4.70 Å². The fraction of sp³-hybridized carbons (Fsp3) is 0.250. The third kappa shape index (κ3) is 5.24. The number of hydrogen-bond acceptors (Lipinski definition) is 4. The van der Waals surface area contributed by atoms with E-state index >= 15 is 0 Å². The van der Waals surface area contributed by atoms with Crippen LogP contribution in [0.2, 0.25) is 6.82 Å². The zero-order chi connectivity index (χ0) is 7.98. The molecule has 4 nitrogen and oxygen atoms in total. The summed E-state index contributed by atoms with van der Waals surface area (Å²) in [5, 5.41) is 11.2. The van der Waals surface area contributed by atoms with Crippen molar-refractivity contribution >= 4 is 20.3 Å². The number of rotatable bonds is 4. The number of aliphatic imine (C=N–C) groups is 1. The van der Waals surface area contributed by atoms with Gasteiger partial charge in [-0.2, -0.15) is 0 Å². The molecular weight excluding hydrogens is 130 g/mol. The van der Waals surface area contributed by atoms with Crippen LogP contribution in [0.15, 0.2) is 17.4 Å². The van der Waals surface area contributed by atoms with E-state index < -0.39 is 7.05 Å². The van der Waals surface area contributed by atoms with Gasteiger partial charge in [-0.05, 0) is 0 Å². The molecule has 0 atom stereocenters. The molecule has 0 rings (SSSR count). The van der Waals surface area contributed by atoms with E-state index in [2.05, 4.69) is 16.8 Å². The minimum absolute atomic E-state index is 0.266. The van der Waals surface area contributed by atoms with Gasteiger partial charge in [0.2, 0.25) is 0 Å². The molecule has 0 heterocycles. The topological polar surface area (TPSA) is 61.7 Å². The maximum absolute atomic E-state index is 9.71. The van der Waals surface area contributed by atoms with Crippen LogP contribution in [0.25, 0.3) is 0 Å². The maximum atomic E-state index is 9.71. The molecule has 0 aliphatic carbocycles. The molecular formula is C4H8B2N2O2. The summed E-state index contributed by atoms with van der Waals surface area (Å²) in [6.45, 7) is 4.93. The number of nitrogens with one attached hydrogen (secondary N) is 1. The van der Waals surface area contributed by atoms with Crippen molar-refractivity contribution in [1.29, 1.82) is 0 Å². The van der Waals surface area contributed by atoms with Crippen LogP contribution in [0.5, 0.6) is 0 Å². The van der Waals surface area contributed by atoms with Crippen molar-refractivity contribution in [2.75, 3.05) is 0 Å². The Balaban J connectivity index is 3.64. The van der Waals surface area contributed by atoms with E-state index in [0.717, 1.165) is 6.11 Å². The number of nitrogens with zero attached hydrogens (tertiary/aromatic N) is 1. The second-order valence-corrected chi connectivity index (χ2v) is 1.68. The summed E-state index contributed by atoms with van der Waals surface area (Å²) < 4.78 is 9.71. The van der Waals surface area contributed by atoms with Gasteiger partial charge in [0.1, 0.15) is 0 Å². The van der Waals surface area contributed by atoms with Crippen LogP contribution in [-0.4, -0.2) is 25.3 Å². The Morgan fingerprint density at radius 2 is 2.60 bits per heavy atom. The quantitative estimate of drug-likeness (QED) is 0.396. The van der Waals surface area contributed by atoms with Crippen LogP contribution >= 0.6 is 0 Å². The average molecular weight is 138 g/mol. The van der Waals surface area contributed by atoms with Crippen molar-refractivity contribution < 1.29 is 9.73 Å². The van der Waals surface area contributed by atoms with Gasteiger partial charge in [-0.3, -0.25) is 0 Å². The first-order valence-electron chi connectivity index (χ1n) is 2.78. The third-order valence-corrected chi connectivity index (χ3v) is 0.667. The van der Waals surface area contributed by atoms with Crippen LogP contribution in [0.4, 0.5) is 0 Å². The zero-order valence-electron chi connectivity index (χ0n) is 5.74. The van der Waals surface area contributed by atoms with E-state index in [1.807, 2.05) is 0 Å². The Morgan fingerprint density at radius 3 is 3.00 bits per heavy atom. The SMILES string of the molecule is C=C(N=CB=O)NB(C)O. The third-order valence-electron chi connectivity index (χ3n) is 0.667. The molecule has 0 fully saturated rings. The molecule has 6 heteroatoms.